The van der Waals surface area contributed by atoms with Gasteiger partial charge in [0.2, 0.25) is 0 Å². The van der Waals surface area contributed by atoms with Crippen molar-refractivity contribution >= 4 is 21.4 Å². The molecular weight excluding hydrogens is 288 g/mol. The van der Waals surface area contributed by atoms with E-state index in [1.54, 1.807) is 4.88 Å². The molecule has 0 bridgehead atoms. The topological polar surface area (TPSA) is 6.48 Å². The van der Waals surface area contributed by atoms with Crippen molar-refractivity contribution in [2.24, 2.45) is 0 Å². The average molecular weight is 314 g/mol. The second-order valence-corrected chi connectivity index (χ2v) is 8.01. The van der Waals surface area contributed by atoms with Crippen molar-refractivity contribution in [3.63, 3.8) is 0 Å². The molecule has 0 amide bonds. The minimum Gasteiger partial charge on any atom is -0.301 e. The zero-order valence-electron chi connectivity index (χ0n) is 13.3. The summed E-state index contributed by atoms with van der Waals surface area (Å²) in [4.78, 5) is 6.99. The van der Waals surface area contributed by atoms with Crippen molar-refractivity contribution in [3.05, 3.63) is 35.2 Å². The lowest BCUT2D eigenvalue weighted by Crippen LogP contribution is -2.47. The van der Waals surface area contributed by atoms with Gasteiger partial charge in [0.05, 0.1) is 0 Å². The van der Waals surface area contributed by atoms with Gasteiger partial charge in [0.25, 0.3) is 0 Å². The van der Waals surface area contributed by atoms with Crippen molar-refractivity contribution in [2.75, 3.05) is 32.7 Å². The molecule has 2 fully saturated rings. The summed E-state index contributed by atoms with van der Waals surface area (Å²) < 4.78 is 1.44. The van der Waals surface area contributed by atoms with E-state index in [9.17, 15) is 0 Å². The van der Waals surface area contributed by atoms with E-state index < -0.39 is 0 Å². The summed E-state index contributed by atoms with van der Waals surface area (Å²) in [5.41, 5.74) is 0. The number of likely N-dealkylation sites (tertiary alicyclic amines) is 2. The lowest BCUT2D eigenvalue weighted by atomic mass is 10.0. The molecule has 22 heavy (non-hydrogen) atoms. The number of fused-ring (bicyclic) bond motifs is 1. The molecule has 1 aromatic heterocycles. The number of piperidine rings is 1. The normalized spacial score (nSPS) is 24.3. The summed E-state index contributed by atoms with van der Waals surface area (Å²) in [7, 11) is 0. The van der Waals surface area contributed by atoms with Crippen LogP contribution in [0.1, 0.15) is 30.6 Å². The largest absolute Gasteiger partial charge is 0.301 e. The van der Waals surface area contributed by atoms with E-state index in [4.69, 9.17) is 0 Å². The zero-order valence-corrected chi connectivity index (χ0v) is 14.2. The van der Waals surface area contributed by atoms with Gasteiger partial charge in [-0.3, -0.25) is 4.90 Å². The molecule has 118 valence electrons. The third-order valence-electron chi connectivity index (χ3n) is 5.29. The highest BCUT2D eigenvalue weighted by atomic mass is 32.1. The Labute approximate surface area is 137 Å². The van der Waals surface area contributed by atoms with E-state index in [1.165, 1.54) is 74.9 Å². The van der Waals surface area contributed by atoms with Crippen molar-refractivity contribution < 1.29 is 0 Å². The van der Waals surface area contributed by atoms with Crippen molar-refractivity contribution in [3.8, 4) is 0 Å². The second kappa shape index (κ2) is 6.69. The lowest BCUT2D eigenvalue weighted by molar-refractivity contribution is 0.116. The van der Waals surface area contributed by atoms with Crippen LogP contribution in [0.3, 0.4) is 0 Å². The van der Waals surface area contributed by atoms with E-state index in [1.807, 2.05) is 11.3 Å². The summed E-state index contributed by atoms with van der Waals surface area (Å²) in [6.07, 6.45) is 6.84. The van der Waals surface area contributed by atoms with Crippen LogP contribution in [0.2, 0.25) is 0 Å². The van der Waals surface area contributed by atoms with Gasteiger partial charge in [-0.05, 0) is 69.3 Å². The van der Waals surface area contributed by atoms with Crippen LogP contribution in [0.5, 0.6) is 0 Å². The van der Waals surface area contributed by atoms with Crippen LogP contribution in [-0.4, -0.2) is 48.6 Å². The fourth-order valence-corrected chi connectivity index (χ4v) is 5.12. The number of hydrogen-bond acceptors (Lipinski definition) is 3. The van der Waals surface area contributed by atoms with Gasteiger partial charge in [-0.25, -0.2) is 0 Å². The molecule has 0 radical (unpaired) electrons. The van der Waals surface area contributed by atoms with Crippen molar-refractivity contribution in [2.45, 2.75) is 38.1 Å². The van der Waals surface area contributed by atoms with E-state index in [0.29, 0.717) is 0 Å². The molecule has 1 unspecified atom stereocenters. The van der Waals surface area contributed by atoms with Crippen LogP contribution in [0, 0.1) is 0 Å². The summed E-state index contributed by atoms with van der Waals surface area (Å²) in [6, 6.07) is 12.0. The number of hydrogen-bond donors (Lipinski definition) is 0. The summed E-state index contributed by atoms with van der Waals surface area (Å²) in [6.45, 7) is 6.51. The van der Waals surface area contributed by atoms with Gasteiger partial charge in [-0.1, -0.05) is 18.2 Å². The molecule has 2 aromatic rings. The van der Waals surface area contributed by atoms with Crippen molar-refractivity contribution in [1.82, 2.24) is 9.80 Å². The fraction of sp³-hybridized carbons (Fsp3) is 0.579. The molecule has 2 saturated heterocycles. The maximum absolute atomic E-state index is 2.74. The Kier molecular flexibility index (Phi) is 4.47. The first kappa shape index (κ1) is 14.7. The summed E-state index contributed by atoms with van der Waals surface area (Å²) in [5, 5.41) is 1.41. The predicted octanol–water partition coefficient (Wildman–Crippen LogP) is 4.00. The lowest BCUT2D eigenvalue weighted by Gasteiger charge is -2.37. The van der Waals surface area contributed by atoms with Crippen LogP contribution in [0.4, 0.5) is 0 Å². The highest BCUT2D eigenvalue weighted by molar-refractivity contribution is 7.19. The third kappa shape index (κ3) is 3.22. The maximum Gasteiger partial charge on any atom is 0.0345 e. The van der Waals surface area contributed by atoms with Gasteiger partial charge in [-0.2, -0.15) is 0 Å². The smallest absolute Gasteiger partial charge is 0.0345 e. The van der Waals surface area contributed by atoms with E-state index in [-0.39, 0.29) is 0 Å². The molecule has 2 nitrogen and oxygen atoms in total. The first-order valence-electron chi connectivity index (χ1n) is 8.82. The van der Waals surface area contributed by atoms with Gasteiger partial charge in [0.1, 0.15) is 0 Å². The number of rotatable bonds is 4. The Morgan fingerprint density at radius 2 is 1.91 bits per heavy atom. The maximum atomic E-state index is 2.74. The van der Waals surface area contributed by atoms with Gasteiger partial charge in [-0.15, -0.1) is 11.3 Å². The van der Waals surface area contributed by atoms with Crippen LogP contribution in [0.15, 0.2) is 30.3 Å². The van der Waals surface area contributed by atoms with E-state index in [2.05, 4.69) is 40.1 Å². The second-order valence-electron chi connectivity index (χ2n) is 6.84. The molecular formula is C19H26N2S. The molecule has 1 atom stereocenters. The predicted molar refractivity (Wildman–Crippen MR) is 95.8 cm³/mol. The Morgan fingerprint density at radius 1 is 1.05 bits per heavy atom. The average Bonchev–Trinajstić information content (AvgIpc) is 3.22. The summed E-state index contributed by atoms with van der Waals surface area (Å²) in [5.74, 6) is 0. The quantitative estimate of drug-likeness (QED) is 0.841. The van der Waals surface area contributed by atoms with Crippen LogP contribution >= 0.6 is 11.3 Å². The van der Waals surface area contributed by atoms with Gasteiger partial charge < -0.3 is 4.90 Å². The molecule has 0 aliphatic carbocycles. The highest BCUT2D eigenvalue weighted by Gasteiger charge is 2.26. The van der Waals surface area contributed by atoms with Crippen LogP contribution in [-0.2, 0) is 6.42 Å². The van der Waals surface area contributed by atoms with Gasteiger partial charge >= 0.3 is 0 Å². The first-order chi connectivity index (χ1) is 10.9. The SMILES string of the molecule is c1ccc2sc(CCN3CCCC(N4CCCC4)C3)cc2c1. The minimum absolute atomic E-state index is 0.832. The molecule has 4 rings (SSSR count). The molecule has 1 aromatic carbocycles. The molecule has 2 aliphatic rings. The Bertz CT molecular complexity index is 582. The number of thiophene rings is 1. The monoisotopic (exact) mass is 314 g/mol. The third-order valence-corrected chi connectivity index (χ3v) is 6.46. The van der Waals surface area contributed by atoms with Gasteiger partial charge in [0, 0.05) is 28.7 Å². The molecule has 3 heteroatoms. The minimum atomic E-state index is 0.832. The van der Waals surface area contributed by atoms with Crippen LogP contribution in [0.25, 0.3) is 10.1 Å². The number of benzene rings is 1. The Hall–Kier alpha value is -0.900. The first-order valence-corrected chi connectivity index (χ1v) is 9.64. The molecule has 0 saturated carbocycles. The van der Waals surface area contributed by atoms with Gasteiger partial charge in [0.15, 0.2) is 0 Å². The fourth-order valence-electron chi connectivity index (χ4n) is 4.07. The number of nitrogens with zero attached hydrogens (tertiary/aromatic N) is 2. The Morgan fingerprint density at radius 3 is 2.77 bits per heavy atom. The highest BCUT2D eigenvalue weighted by Crippen LogP contribution is 2.26. The molecule has 3 heterocycles. The van der Waals surface area contributed by atoms with Crippen LogP contribution < -0.4 is 0 Å². The van der Waals surface area contributed by atoms with Crippen molar-refractivity contribution in [1.29, 1.82) is 0 Å². The van der Waals surface area contributed by atoms with E-state index >= 15 is 0 Å². The molecule has 2 aliphatic heterocycles. The zero-order chi connectivity index (χ0) is 14.8. The van der Waals surface area contributed by atoms with E-state index in [0.717, 1.165) is 6.04 Å². The summed E-state index contributed by atoms with van der Waals surface area (Å²) >= 11 is 1.97. The standard InChI is InChI=1S/C19H26N2S/c1-2-8-19-16(6-1)14-18(22-19)9-13-20-10-5-7-17(15-20)21-11-3-4-12-21/h1-2,6,8,14,17H,3-5,7,9-13,15H2. The molecule has 0 spiro atoms. The Balaban J connectivity index is 1.34. The molecule has 0 N–H and O–H groups in total.